The van der Waals surface area contributed by atoms with Crippen LogP contribution in [-0.4, -0.2) is 40.4 Å². The maximum absolute atomic E-state index is 12.0. The molecule has 1 aliphatic heterocycles. The number of aromatic amines is 1. The number of nitrogens with zero attached hydrogens (tertiary/aromatic N) is 2. The van der Waals surface area contributed by atoms with Crippen molar-refractivity contribution in [2.75, 3.05) is 19.6 Å². The summed E-state index contributed by atoms with van der Waals surface area (Å²) in [5.41, 5.74) is 8.95. The predicted molar refractivity (Wildman–Crippen MR) is 111 cm³/mol. The average Bonchev–Trinajstić information content (AvgIpc) is 3.20. The molecule has 1 aromatic heterocycles. The molecule has 0 spiro atoms. The first-order valence-corrected chi connectivity index (χ1v) is 9.92. The molecular weight excluding hydrogens is 348 g/mol. The first kappa shape index (κ1) is 18.4. The van der Waals surface area contributed by atoms with E-state index in [1.54, 1.807) is 0 Å². The van der Waals surface area contributed by atoms with Crippen molar-refractivity contribution >= 4 is 5.91 Å². The van der Waals surface area contributed by atoms with E-state index < -0.39 is 5.91 Å². The van der Waals surface area contributed by atoms with Gasteiger partial charge in [-0.25, -0.2) is 4.98 Å². The van der Waals surface area contributed by atoms with Gasteiger partial charge in [0.1, 0.15) is 17.2 Å². The van der Waals surface area contributed by atoms with E-state index in [1.807, 2.05) is 30.3 Å². The number of primary amides is 1. The summed E-state index contributed by atoms with van der Waals surface area (Å²) >= 11 is 0. The lowest BCUT2D eigenvalue weighted by Gasteiger charge is -2.31. The van der Waals surface area contributed by atoms with Gasteiger partial charge in [0.2, 0.25) is 0 Å². The number of carbonyl (C=O) groups excluding carboxylic acids is 1. The van der Waals surface area contributed by atoms with Gasteiger partial charge in [-0.2, -0.15) is 0 Å². The number of nitrogens with two attached hydrogens (primary N) is 1. The van der Waals surface area contributed by atoms with Gasteiger partial charge < -0.3 is 15.6 Å². The van der Waals surface area contributed by atoms with Crippen LogP contribution in [0.25, 0.3) is 11.3 Å². The lowest BCUT2D eigenvalue weighted by Crippen LogP contribution is -2.36. The normalized spacial score (nSPS) is 17.5. The number of imidazole rings is 1. The molecule has 2 aromatic carbocycles. The van der Waals surface area contributed by atoms with Gasteiger partial charge in [0.25, 0.3) is 5.91 Å². The minimum Gasteiger partial charge on any atom is -0.364 e. The number of aromatic nitrogens is 2. The van der Waals surface area contributed by atoms with Gasteiger partial charge in [-0.1, -0.05) is 60.7 Å². The van der Waals surface area contributed by atoms with Crippen LogP contribution in [-0.2, 0) is 6.42 Å². The third-order valence-electron chi connectivity index (χ3n) is 5.47. The lowest BCUT2D eigenvalue weighted by molar-refractivity contribution is 0.0996. The zero-order chi connectivity index (χ0) is 19.3. The molecule has 3 aromatic rings. The number of H-pyrrole nitrogens is 1. The summed E-state index contributed by atoms with van der Waals surface area (Å²) in [6.45, 7) is 3.10. The summed E-state index contributed by atoms with van der Waals surface area (Å²) in [6.07, 6.45) is 3.25. The van der Waals surface area contributed by atoms with Gasteiger partial charge in [-0.15, -0.1) is 0 Å². The first-order valence-electron chi connectivity index (χ1n) is 9.92. The van der Waals surface area contributed by atoms with Crippen LogP contribution in [0.4, 0.5) is 0 Å². The molecule has 0 bridgehead atoms. The second-order valence-electron chi connectivity index (χ2n) is 7.45. The Morgan fingerprint density at radius 3 is 2.54 bits per heavy atom. The van der Waals surface area contributed by atoms with Crippen LogP contribution in [0.15, 0.2) is 60.7 Å². The highest BCUT2D eigenvalue weighted by Gasteiger charge is 2.26. The second kappa shape index (κ2) is 8.40. The largest absolute Gasteiger partial charge is 0.364 e. The molecule has 4 rings (SSSR count). The van der Waals surface area contributed by atoms with Crippen LogP contribution in [0.1, 0.15) is 40.6 Å². The van der Waals surface area contributed by atoms with Gasteiger partial charge in [0.15, 0.2) is 0 Å². The monoisotopic (exact) mass is 374 g/mol. The highest BCUT2D eigenvalue weighted by atomic mass is 16.1. The van der Waals surface area contributed by atoms with Crippen LogP contribution in [0, 0.1) is 0 Å². The SMILES string of the molecule is NC(=O)c1[nH]c(C2CCCN(CCc3ccccc3)C2)nc1-c1ccccc1. The number of amides is 1. The molecule has 1 fully saturated rings. The van der Waals surface area contributed by atoms with Gasteiger partial charge in [-0.3, -0.25) is 4.79 Å². The van der Waals surface area contributed by atoms with Gasteiger partial charge in [-0.05, 0) is 31.4 Å². The Balaban J connectivity index is 1.49. The molecule has 1 atom stereocenters. The van der Waals surface area contributed by atoms with Crippen LogP contribution in [0.5, 0.6) is 0 Å². The van der Waals surface area contributed by atoms with E-state index in [9.17, 15) is 4.79 Å². The summed E-state index contributed by atoms with van der Waals surface area (Å²) in [5.74, 6) is 0.700. The van der Waals surface area contributed by atoms with Crippen LogP contribution < -0.4 is 5.73 Å². The Hall–Kier alpha value is -2.92. The zero-order valence-electron chi connectivity index (χ0n) is 16.0. The number of nitrogens with one attached hydrogen (secondary N) is 1. The molecule has 0 saturated carbocycles. The van der Waals surface area contributed by atoms with E-state index in [1.165, 1.54) is 5.56 Å². The summed E-state index contributed by atoms with van der Waals surface area (Å²) in [5, 5.41) is 0. The van der Waals surface area contributed by atoms with E-state index in [-0.39, 0.29) is 0 Å². The molecule has 0 aliphatic carbocycles. The highest BCUT2D eigenvalue weighted by molar-refractivity contribution is 5.97. The number of piperidine rings is 1. The zero-order valence-corrected chi connectivity index (χ0v) is 16.0. The van der Waals surface area contributed by atoms with Crippen LogP contribution in [0.3, 0.4) is 0 Å². The third-order valence-corrected chi connectivity index (χ3v) is 5.47. The van der Waals surface area contributed by atoms with E-state index in [0.29, 0.717) is 17.3 Å². The molecule has 28 heavy (non-hydrogen) atoms. The standard InChI is InChI=1S/C23H26N4O/c24-22(28)21-20(18-10-5-2-6-11-18)25-23(26-21)19-12-7-14-27(16-19)15-13-17-8-3-1-4-9-17/h1-6,8-11,19H,7,12-16H2,(H2,24,28)(H,25,26). The Kier molecular flexibility index (Phi) is 5.53. The number of hydrogen-bond donors (Lipinski definition) is 2. The molecule has 1 amide bonds. The lowest BCUT2D eigenvalue weighted by atomic mass is 9.97. The fourth-order valence-electron chi connectivity index (χ4n) is 3.98. The molecule has 2 heterocycles. The molecule has 144 valence electrons. The number of hydrogen-bond acceptors (Lipinski definition) is 3. The van der Waals surface area contributed by atoms with E-state index >= 15 is 0 Å². The van der Waals surface area contributed by atoms with Crippen LogP contribution in [0.2, 0.25) is 0 Å². The second-order valence-corrected chi connectivity index (χ2v) is 7.45. The third kappa shape index (κ3) is 4.15. The quantitative estimate of drug-likeness (QED) is 0.692. The van der Waals surface area contributed by atoms with Crippen molar-refractivity contribution in [2.24, 2.45) is 5.73 Å². The van der Waals surface area contributed by atoms with Gasteiger partial charge in [0, 0.05) is 24.6 Å². The van der Waals surface area contributed by atoms with Crippen molar-refractivity contribution in [3.05, 3.63) is 77.7 Å². The van der Waals surface area contributed by atoms with Crippen molar-refractivity contribution in [2.45, 2.75) is 25.2 Å². The number of rotatable bonds is 6. The topological polar surface area (TPSA) is 75.0 Å². The van der Waals surface area contributed by atoms with E-state index in [4.69, 9.17) is 10.7 Å². The van der Waals surface area contributed by atoms with E-state index in [0.717, 1.165) is 50.3 Å². The number of benzene rings is 2. The Morgan fingerprint density at radius 1 is 1.11 bits per heavy atom. The molecule has 5 nitrogen and oxygen atoms in total. The molecule has 1 saturated heterocycles. The number of likely N-dealkylation sites (tertiary alicyclic amines) is 1. The smallest absolute Gasteiger partial charge is 0.267 e. The number of carbonyl (C=O) groups is 1. The van der Waals surface area contributed by atoms with E-state index in [2.05, 4.69) is 40.2 Å². The van der Waals surface area contributed by atoms with Crippen molar-refractivity contribution in [3.63, 3.8) is 0 Å². The van der Waals surface area contributed by atoms with Crippen LogP contribution >= 0.6 is 0 Å². The molecular formula is C23H26N4O. The summed E-state index contributed by atoms with van der Waals surface area (Å²) < 4.78 is 0. The van der Waals surface area contributed by atoms with Crippen molar-refractivity contribution in [1.82, 2.24) is 14.9 Å². The predicted octanol–water partition coefficient (Wildman–Crippen LogP) is 3.60. The first-order chi connectivity index (χ1) is 13.7. The molecule has 5 heteroatoms. The minimum absolute atomic E-state index is 0.292. The fourth-order valence-corrected chi connectivity index (χ4v) is 3.98. The molecule has 1 aliphatic rings. The fraction of sp³-hybridized carbons (Fsp3) is 0.304. The van der Waals surface area contributed by atoms with Crippen molar-refractivity contribution < 1.29 is 4.79 Å². The highest BCUT2D eigenvalue weighted by Crippen LogP contribution is 2.29. The van der Waals surface area contributed by atoms with Crippen molar-refractivity contribution in [1.29, 1.82) is 0 Å². The van der Waals surface area contributed by atoms with Gasteiger partial charge >= 0.3 is 0 Å². The Morgan fingerprint density at radius 2 is 1.82 bits per heavy atom. The van der Waals surface area contributed by atoms with Crippen molar-refractivity contribution in [3.8, 4) is 11.3 Å². The Bertz CT molecular complexity index is 920. The minimum atomic E-state index is -0.464. The van der Waals surface area contributed by atoms with Gasteiger partial charge in [0.05, 0.1) is 0 Å². The summed E-state index contributed by atoms with van der Waals surface area (Å²) in [4.78, 5) is 22.5. The Labute approximate surface area is 165 Å². The maximum Gasteiger partial charge on any atom is 0.267 e. The average molecular weight is 374 g/mol. The molecule has 0 radical (unpaired) electrons. The maximum atomic E-state index is 12.0. The summed E-state index contributed by atoms with van der Waals surface area (Å²) in [7, 11) is 0. The molecule has 1 unspecified atom stereocenters. The summed E-state index contributed by atoms with van der Waals surface area (Å²) in [6, 6.07) is 20.4. The molecule has 3 N–H and O–H groups in total.